The molecule has 0 amide bonds. The molecule has 5 rings (SSSR count). The second kappa shape index (κ2) is 11.6. The smallest absolute Gasteiger partial charge is 0.415 e. The van der Waals surface area contributed by atoms with Gasteiger partial charge in [0.1, 0.15) is 17.2 Å². The van der Waals surface area contributed by atoms with Gasteiger partial charge < -0.3 is 25.8 Å². The van der Waals surface area contributed by atoms with E-state index in [1.165, 1.54) is 29.6 Å². The number of nitrogens with one attached hydrogen (secondary N) is 2. The van der Waals surface area contributed by atoms with Crippen molar-refractivity contribution in [2.45, 2.75) is 49.0 Å². The number of piperidine rings is 1. The predicted octanol–water partition coefficient (Wildman–Crippen LogP) is 2.05. The molecule has 226 valence electrons. The Hall–Kier alpha value is -2.65. The van der Waals surface area contributed by atoms with E-state index < -0.39 is 34.0 Å². The maximum absolute atomic E-state index is 13.8. The monoisotopic (exact) mass is 598 g/mol. The molecule has 0 saturated carbocycles. The number of rotatable bonds is 8. The van der Waals surface area contributed by atoms with Gasteiger partial charge in [-0.15, -0.1) is 0 Å². The Kier molecular flexibility index (Phi) is 8.41. The van der Waals surface area contributed by atoms with E-state index in [-0.39, 0.29) is 27.8 Å². The van der Waals surface area contributed by atoms with Gasteiger partial charge in [0.15, 0.2) is 0 Å². The van der Waals surface area contributed by atoms with Gasteiger partial charge in [-0.1, -0.05) is 6.92 Å². The first-order valence-electron chi connectivity index (χ1n) is 13.9. The van der Waals surface area contributed by atoms with Crippen LogP contribution in [0, 0.1) is 0 Å². The van der Waals surface area contributed by atoms with Crippen molar-refractivity contribution in [3.8, 4) is 5.75 Å². The van der Waals surface area contributed by atoms with Gasteiger partial charge in [0, 0.05) is 61.7 Å². The third kappa shape index (κ3) is 5.85. The van der Waals surface area contributed by atoms with Crippen molar-refractivity contribution >= 4 is 15.9 Å². The van der Waals surface area contributed by atoms with Gasteiger partial charge in [0.2, 0.25) is 10.0 Å². The lowest BCUT2D eigenvalue weighted by molar-refractivity contribution is -0.0922. The highest BCUT2D eigenvalue weighted by Crippen LogP contribution is 2.40. The molecular formula is C27H37F3N6O4S. The maximum Gasteiger partial charge on any atom is 0.415 e. The number of aliphatic imine (C=N–C) groups is 1. The molecule has 4 aliphatic heterocycles. The molecule has 4 heterocycles. The Bertz CT molecular complexity index is 1350. The number of methoxy groups -OCH3 is 1. The summed E-state index contributed by atoms with van der Waals surface area (Å²) in [5.41, 5.74) is 5.03. The van der Waals surface area contributed by atoms with Crippen LogP contribution in [0.5, 0.6) is 5.75 Å². The number of nitrogens with zero attached hydrogens (tertiary/aromatic N) is 3. The van der Waals surface area contributed by atoms with E-state index >= 15 is 0 Å². The standard InChI is InChI=1S/C27H37F3N6O4S/c1-3-8-32-22-16-26(31,34-25-24(22)21(17-33-25)27(28,29)30)20-5-4-19(15-23(20)39-2)41(37,38)36-9-6-18(7-10-36)35-11-13-40-14-12-35/h4-5,15-16,18,32H,3,6-14,17,31H2,1-2H3,(H,33,34). The summed E-state index contributed by atoms with van der Waals surface area (Å²) in [6.45, 7) is 5.74. The number of nitrogens with two attached hydrogens (primary N) is 1. The van der Waals surface area contributed by atoms with E-state index in [1.54, 1.807) is 6.07 Å². The molecule has 0 radical (unpaired) electrons. The number of ether oxygens (including phenoxy) is 2. The van der Waals surface area contributed by atoms with E-state index in [0.29, 0.717) is 50.9 Å². The molecule has 0 bridgehead atoms. The van der Waals surface area contributed by atoms with Crippen LogP contribution >= 0.6 is 0 Å². The van der Waals surface area contributed by atoms with Gasteiger partial charge in [0.25, 0.3) is 0 Å². The van der Waals surface area contributed by atoms with Crippen LogP contribution in [0.4, 0.5) is 13.2 Å². The van der Waals surface area contributed by atoms with Crippen LogP contribution in [0.25, 0.3) is 0 Å². The van der Waals surface area contributed by atoms with Crippen molar-refractivity contribution in [1.82, 2.24) is 19.8 Å². The van der Waals surface area contributed by atoms with Gasteiger partial charge in [0.05, 0.1) is 37.3 Å². The lowest BCUT2D eigenvalue weighted by Gasteiger charge is -2.39. The van der Waals surface area contributed by atoms with Crippen LogP contribution in [0.3, 0.4) is 0 Å². The Morgan fingerprint density at radius 1 is 1.22 bits per heavy atom. The number of fused-ring (bicyclic) bond motifs is 1. The third-order valence-electron chi connectivity index (χ3n) is 8.05. The molecule has 14 heteroatoms. The molecule has 2 fully saturated rings. The number of halogens is 3. The third-order valence-corrected chi connectivity index (χ3v) is 9.94. The van der Waals surface area contributed by atoms with Gasteiger partial charge in [-0.2, -0.15) is 17.5 Å². The molecule has 1 unspecified atom stereocenters. The quantitative estimate of drug-likeness (QED) is 0.416. The summed E-state index contributed by atoms with van der Waals surface area (Å²) in [7, 11) is -2.41. The van der Waals surface area contributed by atoms with Gasteiger partial charge >= 0.3 is 6.18 Å². The van der Waals surface area contributed by atoms with Crippen molar-refractivity contribution in [3.05, 3.63) is 46.7 Å². The van der Waals surface area contributed by atoms with Crippen LogP contribution < -0.4 is 21.1 Å². The van der Waals surface area contributed by atoms with Crippen LogP contribution in [-0.4, -0.2) is 95.3 Å². The highest BCUT2D eigenvalue weighted by Gasteiger charge is 2.46. The fraction of sp³-hybridized carbons (Fsp3) is 0.593. The van der Waals surface area contributed by atoms with E-state index in [0.717, 1.165) is 25.9 Å². The van der Waals surface area contributed by atoms with Gasteiger partial charge in [-0.05, 0) is 37.5 Å². The van der Waals surface area contributed by atoms with Crippen molar-refractivity contribution in [2.75, 3.05) is 59.6 Å². The maximum atomic E-state index is 13.8. The molecule has 1 atom stereocenters. The molecule has 1 aromatic rings. The van der Waals surface area contributed by atoms with E-state index in [2.05, 4.69) is 20.5 Å². The zero-order valence-electron chi connectivity index (χ0n) is 23.3. The molecule has 41 heavy (non-hydrogen) atoms. The Balaban J connectivity index is 1.42. The number of amidine groups is 1. The topological polar surface area (TPSA) is 122 Å². The van der Waals surface area contributed by atoms with Crippen molar-refractivity contribution in [3.63, 3.8) is 0 Å². The highest BCUT2D eigenvalue weighted by atomic mass is 32.2. The first kappa shape index (κ1) is 29.8. The van der Waals surface area contributed by atoms with Crippen LogP contribution in [0.15, 0.2) is 51.0 Å². The summed E-state index contributed by atoms with van der Waals surface area (Å²) >= 11 is 0. The molecule has 2 saturated heterocycles. The van der Waals surface area contributed by atoms with Crippen LogP contribution in [-0.2, 0) is 20.4 Å². The zero-order chi connectivity index (χ0) is 29.4. The van der Waals surface area contributed by atoms with Crippen molar-refractivity contribution in [2.24, 2.45) is 10.7 Å². The number of alkyl halides is 3. The summed E-state index contributed by atoms with van der Waals surface area (Å²) < 4.78 is 81.0. The van der Waals surface area contributed by atoms with Crippen molar-refractivity contribution < 1.29 is 31.1 Å². The lowest BCUT2D eigenvalue weighted by Crippen LogP contribution is -2.55. The summed E-state index contributed by atoms with van der Waals surface area (Å²) in [6, 6.07) is 4.76. The molecule has 0 aliphatic carbocycles. The Morgan fingerprint density at radius 2 is 1.93 bits per heavy atom. The van der Waals surface area contributed by atoms with Gasteiger partial charge in [-0.3, -0.25) is 9.89 Å². The second-order valence-electron chi connectivity index (χ2n) is 10.6. The van der Waals surface area contributed by atoms with Gasteiger partial charge in [-0.25, -0.2) is 8.42 Å². The molecule has 4 aliphatic rings. The largest absolute Gasteiger partial charge is 0.496 e. The van der Waals surface area contributed by atoms with Crippen LogP contribution in [0.1, 0.15) is 31.7 Å². The minimum absolute atomic E-state index is 0.0304. The SMILES string of the molecule is CCCNC1=CC(N)(c2ccc(S(=O)(=O)N3CCC(N4CCOCC4)CC3)cc2OC)NC2=NCC(C(F)(F)F)=C12. The average Bonchev–Trinajstić information content (AvgIpc) is 3.40. The van der Waals surface area contributed by atoms with Crippen molar-refractivity contribution in [1.29, 1.82) is 0 Å². The number of hydrogen-bond donors (Lipinski definition) is 3. The number of sulfonamides is 1. The summed E-state index contributed by atoms with van der Waals surface area (Å²) in [5.74, 6) is 0.222. The lowest BCUT2D eigenvalue weighted by atomic mass is 9.90. The van der Waals surface area contributed by atoms with Crippen LogP contribution in [0.2, 0.25) is 0 Å². The summed E-state index contributed by atoms with van der Waals surface area (Å²) in [5, 5.41) is 6.01. The molecule has 4 N–H and O–H groups in total. The highest BCUT2D eigenvalue weighted by molar-refractivity contribution is 7.89. The summed E-state index contributed by atoms with van der Waals surface area (Å²) in [4.78, 5) is 6.53. The molecular weight excluding hydrogens is 561 g/mol. The van der Waals surface area contributed by atoms with E-state index in [9.17, 15) is 21.6 Å². The number of benzene rings is 1. The Morgan fingerprint density at radius 3 is 2.56 bits per heavy atom. The van der Waals surface area contributed by atoms with E-state index in [1.807, 2.05) is 6.92 Å². The minimum atomic E-state index is -4.55. The molecule has 10 nitrogen and oxygen atoms in total. The molecule has 1 aromatic carbocycles. The fourth-order valence-corrected chi connectivity index (χ4v) is 7.36. The normalized spacial score (nSPS) is 24.9. The fourth-order valence-electron chi connectivity index (χ4n) is 5.87. The first-order valence-corrected chi connectivity index (χ1v) is 15.3. The predicted molar refractivity (Wildman–Crippen MR) is 148 cm³/mol. The summed E-state index contributed by atoms with van der Waals surface area (Å²) in [6.07, 6.45) is -0.908. The van der Waals surface area contributed by atoms with E-state index in [4.69, 9.17) is 15.2 Å². The Labute approximate surface area is 238 Å². The second-order valence-corrected chi connectivity index (χ2v) is 12.6. The minimum Gasteiger partial charge on any atom is -0.496 e. The molecule has 0 spiro atoms. The zero-order valence-corrected chi connectivity index (χ0v) is 24.1. The molecule has 0 aromatic heterocycles. The number of hydrogen-bond acceptors (Lipinski definition) is 9. The average molecular weight is 599 g/mol. The first-order chi connectivity index (χ1) is 19.5. The number of morpholine rings is 1.